The maximum absolute atomic E-state index is 13.1. The molecule has 3 N–H and O–H groups in total. The van der Waals surface area contributed by atoms with Gasteiger partial charge in [-0.2, -0.15) is 0 Å². The molecule has 3 aromatic rings. The number of phenols is 1. The van der Waals surface area contributed by atoms with E-state index in [1.54, 1.807) is 60.7 Å². The number of methoxy groups -OCH3 is 2. The second kappa shape index (κ2) is 9.98. The fourth-order valence-electron chi connectivity index (χ4n) is 2.89. The highest BCUT2D eigenvalue weighted by molar-refractivity contribution is 6.29. The summed E-state index contributed by atoms with van der Waals surface area (Å²) in [6, 6.07) is 20.0. The Morgan fingerprint density at radius 1 is 0.774 bits per heavy atom. The van der Waals surface area contributed by atoms with Gasteiger partial charge in [-0.05, 0) is 48.0 Å². The smallest absolute Gasteiger partial charge is 0.261 e. The summed E-state index contributed by atoms with van der Waals surface area (Å²) in [7, 11) is 2.98. The van der Waals surface area contributed by atoms with Gasteiger partial charge >= 0.3 is 0 Å². The van der Waals surface area contributed by atoms with Crippen LogP contribution in [0.2, 0.25) is 0 Å². The normalized spacial score (nSPS) is 10.0. The van der Waals surface area contributed by atoms with Crippen LogP contribution in [0.5, 0.6) is 17.2 Å². The molecule has 0 unspecified atom stereocenters. The highest BCUT2D eigenvalue weighted by atomic mass is 16.5. The molecule has 0 spiro atoms. The minimum Gasteiger partial charge on any atom is -0.508 e. The molecule has 158 valence electrons. The lowest BCUT2D eigenvalue weighted by Crippen LogP contribution is -2.25. The van der Waals surface area contributed by atoms with Crippen LogP contribution in [0.4, 0.5) is 11.4 Å². The monoisotopic (exact) mass is 418 g/mol. The van der Waals surface area contributed by atoms with Crippen LogP contribution >= 0.6 is 0 Å². The molecule has 0 aromatic heterocycles. The van der Waals surface area contributed by atoms with Gasteiger partial charge in [-0.15, -0.1) is 0 Å². The molecule has 0 radical (unpaired) electrons. The maximum atomic E-state index is 13.1. The third-order valence-electron chi connectivity index (χ3n) is 4.38. The second-order valence-corrected chi connectivity index (χ2v) is 6.46. The number of para-hydroxylation sites is 4. The average molecular weight is 418 g/mol. The molecule has 0 bridgehead atoms. The molecule has 3 aromatic carbocycles. The van der Waals surface area contributed by atoms with E-state index in [1.807, 2.05) is 0 Å². The van der Waals surface area contributed by atoms with Crippen LogP contribution in [-0.4, -0.2) is 31.1 Å². The zero-order valence-corrected chi connectivity index (χ0v) is 17.1. The van der Waals surface area contributed by atoms with Gasteiger partial charge in [-0.25, -0.2) is 0 Å². The Balaban J connectivity index is 1.96. The number of carbonyl (C=O) groups excluding carboxylic acids is 2. The highest BCUT2D eigenvalue weighted by Crippen LogP contribution is 2.26. The Morgan fingerprint density at radius 2 is 1.29 bits per heavy atom. The second-order valence-electron chi connectivity index (χ2n) is 6.46. The van der Waals surface area contributed by atoms with Gasteiger partial charge in [0.1, 0.15) is 22.8 Å². The number of nitrogens with one attached hydrogen (secondary N) is 2. The molecule has 31 heavy (non-hydrogen) atoms. The lowest BCUT2D eigenvalue weighted by Gasteiger charge is -2.14. The molecule has 3 rings (SSSR count). The summed E-state index contributed by atoms with van der Waals surface area (Å²) in [6.07, 6.45) is 1.40. The standard InChI is InChI=1S/C24H22N2O5/c1-30-21-12-5-3-10-19(21)25-23(28)18(15-16-8-7-9-17(27)14-16)24(29)26-20-11-4-6-13-22(20)31-2/h3-15,27H,1-2H3,(H,25,28)(H,26,29). The van der Waals surface area contributed by atoms with E-state index in [9.17, 15) is 14.7 Å². The summed E-state index contributed by atoms with van der Waals surface area (Å²) in [4.78, 5) is 26.1. The minimum atomic E-state index is -0.639. The van der Waals surface area contributed by atoms with Crippen molar-refractivity contribution in [2.24, 2.45) is 0 Å². The van der Waals surface area contributed by atoms with E-state index in [4.69, 9.17) is 9.47 Å². The van der Waals surface area contributed by atoms with Gasteiger partial charge in [-0.3, -0.25) is 9.59 Å². The van der Waals surface area contributed by atoms with Gasteiger partial charge < -0.3 is 25.2 Å². The molecule has 7 nitrogen and oxygen atoms in total. The van der Waals surface area contributed by atoms with Crippen molar-refractivity contribution >= 4 is 29.3 Å². The van der Waals surface area contributed by atoms with E-state index < -0.39 is 11.8 Å². The lowest BCUT2D eigenvalue weighted by atomic mass is 10.1. The quantitative estimate of drug-likeness (QED) is 0.305. The van der Waals surface area contributed by atoms with Crippen molar-refractivity contribution in [3.63, 3.8) is 0 Å². The van der Waals surface area contributed by atoms with Crippen molar-refractivity contribution in [1.29, 1.82) is 0 Å². The number of hydrogen-bond donors (Lipinski definition) is 3. The summed E-state index contributed by atoms with van der Waals surface area (Å²) in [5.41, 5.74) is 1.16. The summed E-state index contributed by atoms with van der Waals surface area (Å²) in [5, 5.41) is 15.2. The number of amides is 2. The molecule has 0 aliphatic rings. The third kappa shape index (κ3) is 5.42. The summed E-state index contributed by atoms with van der Waals surface area (Å²) < 4.78 is 10.5. The number of aromatic hydroxyl groups is 1. The fraction of sp³-hybridized carbons (Fsp3) is 0.0833. The SMILES string of the molecule is COc1ccccc1NC(=O)C(=Cc1cccc(O)c1)C(=O)Nc1ccccc1OC. The van der Waals surface area contributed by atoms with Crippen molar-refractivity contribution in [3.8, 4) is 17.2 Å². The van der Waals surface area contributed by atoms with Crippen molar-refractivity contribution in [1.82, 2.24) is 0 Å². The first-order valence-electron chi connectivity index (χ1n) is 9.41. The van der Waals surface area contributed by atoms with Crippen LogP contribution in [0.1, 0.15) is 5.56 Å². The van der Waals surface area contributed by atoms with Crippen molar-refractivity contribution in [2.45, 2.75) is 0 Å². The molecule has 0 fully saturated rings. The number of anilines is 2. The Kier molecular flexibility index (Phi) is 6.90. The predicted octanol–water partition coefficient (Wildman–Crippen LogP) is 4.07. The number of ether oxygens (including phenoxy) is 2. The number of phenolic OH excluding ortho intramolecular Hbond substituents is 1. The first-order valence-corrected chi connectivity index (χ1v) is 9.41. The van der Waals surface area contributed by atoms with Crippen LogP contribution in [-0.2, 0) is 9.59 Å². The molecule has 0 saturated carbocycles. The van der Waals surface area contributed by atoms with Crippen LogP contribution in [0.3, 0.4) is 0 Å². The molecule has 0 heterocycles. The highest BCUT2D eigenvalue weighted by Gasteiger charge is 2.21. The molecule has 0 aliphatic heterocycles. The zero-order valence-electron chi connectivity index (χ0n) is 17.1. The van der Waals surface area contributed by atoms with E-state index >= 15 is 0 Å². The van der Waals surface area contributed by atoms with Gasteiger partial charge in [0.25, 0.3) is 11.8 Å². The minimum absolute atomic E-state index is 0.0170. The molecule has 0 saturated heterocycles. The fourth-order valence-corrected chi connectivity index (χ4v) is 2.89. The van der Waals surface area contributed by atoms with Crippen LogP contribution in [0.25, 0.3) is 6.08 Å². The van der Waals surface area contributed by atoms with E-state index in [2.05, 4.69) is 10.6 Å². The maximum Gasteiger partial charge on any atom is 0.261 e. The van der Waals surface area contributed by atoms with Gasteiger partial charge in [0.15, 0.2) is 0 Å². The van der Waals surface area contributed by atoms with Gasteiger partial charge in [-0.1, -0.05) is 36.4 Å². The molecular weight excluding hydrogens is 396 g/mol. The van der Waals surface area contributed by atoms with Crippen LogP contribution < -0.4 is 20.1 Å². The third-order valence-corrected chi connectivity index (χ3v) is 4.38. The molecule has 0 aliphatic carbocycles. The van der Waals surface area contributed by atoms with E-state index in [1.165, 1.54) is 32.4 Å². The lowest BCUT2D eigenvalue weighted by molar-refractivity contribution is -0.118. The topological polar surface area (TPSA) is 96.9 Å². The molecule has 7 heteroatoms. The number of carbonyl (C=O) groups is 2. The summed E-state index contributed by atoms with van der Waals surface area (Å²) >= 11 is 0. The first kappa shape index (κ1) is 21.4. The Hall–Kier alpha value is -4.26. The Labute approximate surface area is 179 Å². The van der Waals surface area contributed by atoms with Crippen molar-refractivity contribution < 1.29 is 24.2 Å². The van der Waals surface area contributed by atoms with Crippen LogP contribution in [0.15, 0.2) is 78.4 Å². The largest absolute Gasteiger partial charge is 0.508 e. The first-order chi connectivity index (χ1) is 15.0. The van der Waals surface area contributed by atoms with Gasteiger partial charge in [0, 0.05) is 0 Å². The van der Waals surface area contributed by atoms with E-state index in [0.717, 1.165) is 0 Å². The number of benzene rings is 3. The van der Waals surface area contributed by atoms with Crippen molar-refractivity contribution in [2.75, 3.05) is 24.9 Å². The molecule has 2 amide bonds. The Morgan fingerprint density at radius 3 is 1.77 bits per heavy atom. The van der Waals surface area contributed by atoms with Crippen molar-refractivity contribution in [3.05, 3.63) is 83.9 Å². The van der Waals surface area contributed by atoms with Gasteiger partial charge in [0.2, 0.25) is 0 Å². The zero-order chi connectivity index (χ0) is 22.2. The summed E-state index contributed by atoms with van der Waals surface area (Å²) in [6.45, 7) is 0. The predicted molar refractivity (Wildman–Crippen MR) is 119 cm³/mol. The number of hydrogen-bond acceptors (Lipinski definition) is 5. The summed E-state index contributed by atoms with van der Waals surface area (Å²) in [5.74, 6) is -0.348. The van der Waals surface area contributed by atoms with E-state index in [-0.39, 0.29) is 11.3 Å². The van der Waals surface area contributed by atoms with Gasteiger partial charge in [0.05, 0.1) is 25.6 Å². The molecule has 0 atom stereocenters. The number of rotatable bonds is 7. The average Bonchev–Trinajstić information content (AvgIpc) is 2.78. The molecular formula is C24H22N2O5. The van der Waals surface area contributed by atoms with E-state index in [0.29, 0.717) is 28.4 Å². The Bertz CT molecular complexity index is 1060. The van der Waals surface area contributed by atoms with Crippen LogP contribution in [0, 0.1) is 0 Å².